The third-order valence-electron chi connectivity index (χ3n) is 3.88. The van der Waals surface area contributed by atoms with Crippen LogP contribution >= 0.6 is 0 Å². The van der Waals surface area contributed by atoms with Gasteiger partial charge in [0, 0.05) is 25.4 Å². The Hall–Kier alpha value is -1.06. The van der Waals surface area contributed by atoms with Crippen LogP contribution in [0.4, 0.5) is 0 Å². The normalized spacial score (nSPS) is 25.6. The van der Waals surface area contributed by atoms with E-state index in [9.17, 15) is 9.59 Å². The summed E-state index contributed by atoms with van der Waals surface area (Å²) in [6.07, 6.45) is 8.26. The minimum atomic E-state index is 0.0986. The maximum atomic E-state index is 11.7. The molecule has 1 aliphatic heterocycles. The second-order valence-electron chi connectivity index (χ2n) is 5.30. The molecule has 4 nitrogen and oxygen atoms in total. The maximum Gasteiger partial charge on any atom is 0.220 e. The van der Waals surface area contributed by atoms with Crippen molar-refractivity contribution in [3.05, 3.63) is 0 Å². The molecule has 2 amide bonds. The van der Waals surface area contributed by atoms with E-state index in [2.05, 4.69) is 10.6 Å². The van der Waals surface area contributed by atoms with Crippen LogP contribution in [-0.4, -0.2) is 24.4 Å². The number of piperidine rings is 1. The third-order valence-corrected chi connectivity index (χ3v) is 3.88. The topological polar surface area (TPSA) is 58.2 Å². The number of rotatable bonds is 4. The van der Waals surface area contributed by atoms with Gasteiger partial charge in [0.2, 0.25) is 11.8 Å². The van der Waals surface area contributed by atoms with Gasteiger partial charge in [0.1, 0.15) is 0 Å². The first kappa shape index (κ1) is 12.4. The smallest absolute Gasteiger partial charge is 0.220 e. The van der Waals surface area contributed by atoms with Crippen molar-refractivity contribution < 1.29 is 9.59 Å². The Morgan fingerprint density at radius 2 is 2.06 bits per heavy atom. The van der Waals surface area contributed by atoms with Crippen molar-refractivity contribution in [1.82, 2.24) is 10.6 Å². The summed E-state index contributed by atoms with van der Waals surface area (Å²) in [5.41, 5.74) is 0. The van der Waals surface area contributed by atoms with Crippen molar-refractivity contribution in [2.45, 2.75) is 57.4 Å². The highest BCUT2D eigenvalue weighted by molar-refractivity contribution is 5.78. The molecule has 1 saturated heterocycles. The zero-order chi connectivity index (χ0) is 12.1. The minimum absolute atomic E-state index is 0.0986. The molecule has 2 aliphatic rings. The van der Waals surface area contributed by atoms with Crippen molar-refractivity contribution in [2.75, 3.05) is 6.54 Å². The molecule has 0 radical (unpaired) electrons. The number of amides is 2. The molecule has 96 valence electrons. The first-order chi connectivity index (χ1) is 8.24. The molecule has 2 rings (SSSR count). The Morgan fingerprint density at radius 3 is 2.71 bits per heavy atom. The highest BCUT2D eigenvalue weighted by atomic mass is 16.2. The number of hydrogen-bond donors (Lipinski definition) is 2. The van der Waals surface area contributed by atoms with Gasteiger partial charge in [-0.3, -0.25) is 9.59 Å². The van der Waals surface area contributed by atoms with Crippen molar-refractivity contribution >= 4 is 11.8 Å². The molecule has 1 unspecified atom stereocenters. The van der Waals surface area contributed by atoms with Crippen LogP contribution in [0.5, 0.6) is 0 Å². The number of carbonyl (C=O) groups is 2. The molecule has 0 aromatic rings. The van der Waals surface area contributed by atoms with Gasteiger partial charge >= 0.3 is 0 Å². The summed E-state index contributed by atoms with van der Waals surface area (Å²) in [6, 6.07) is 0.142. The van der Waals surface area contributed by atoms with Crippen LogP contribution in [0.25, 0.3) is 0 Å². The van der Waals surface area contributed by atoms with E-state index in [0.717, 1.165) is 18.8 Å². The van der Waals surface area contributed by atoms with Crippen molar-refractivity contribution in [2.24, 2.45) is 5.92 Å². The lowest BCUT2D eigenvalue weighted by Gasteiger charge is -2.23. The zero-order valence-electron chi connectivity index (χ0n) is 10.3. The quantitative estimate of drug-likeness (QED) is 0.776. The second kappa shape index (κ2) is 6.03. The highest BCUT2D eigenvalue weighted by Crippen LogP contribution is 2.28. The van der Waals surface area contributed by atoms with Gasteiger partial charge in [-0.25, -0.2) is 0 Å². The lowest BCUT2D eigenvalue weighted by molar-refractivity contribution is -0.125. The van der Waals surface area contributed by atoms with Crippen LogP contribution in [0.3, 0.4) is 0 Å². The second-order valence-corrected chi connectivity index (χ2v) is 5.30. The summed E-state index contributed by atoms with van der Waals surface area (Å²) >= 11 is 0. The molecule has 2 N–H and O–H groups in total. The summed E-state index contributed by atoms with van der Waals surface area (Å²) < 4.78 is 0. The highest BCUT2D eigenvalue weighted by Gasteiger charge is 2.20. The van der Waals surface area contributed by atoms with E-state index in [1.165, 1.54) is 25.7 Å². The van der Waals surface area contributed by atoms with E-state index >= 15 is 0 Å². The SMILES string of the molecule is O=C1CCC(NC(=O)CCC2CCCC2)CN1. The van der Waals surface area contributed by atoms with E-state index in [4.69, 9.17) is 0 Å². The molecule has 0 spiro atoms. The Balaban J connectivity index is 1.61. The van der Waals surface area contributed by atoms with Gasteiger partial charge in [-0.15, -0.1) is 0 Å². The molecule has 1 saturated carbocycles. The molecule has 1 heterocycles. The monoisotopic (exact) mass is 238 g/mol. The fourth-order valence-electron chi connectivity index (χ4n) is 2.79. The lowest BCUT2D eigenvalue weighted by Crippen LogP contribution is -2.47. The van der Waals surface area contributed by atoms with E-state index in [-0.39, 0.29) is 17.9 Å². The van der Waals surface area contributed by atoms with E-state index in [1.807, 2.05) is 0 Å². The van der Waals surface area contributed by atoms with E-state index in [0.29, 0.717) is 19.4 Å². The van der Waals surface area contributed by atoms with Crippen molar-refractivity contribution in [1.29, 1.82) is 0 Å². The van der Waals surface area contributed by atoms with Gasteiger partial charge in [0.25, 0.3) is 0 Å². The van der Waals surface area contributed by atoms with E-state index < -0.39 is 0 Å². The molecule has 4 heteroatoms. The Labute approximate surface area is 103 Å². The number of carbonyl (C=O) groups excluding carboxylic acids is 2. The number of hydrogen-bond acceptors (Lipinski definition) is 2. The Morgan fingerprint density at radius 1 is 1.29 bits per heavy atom. The van der Waals surface area contributed by atoms with Gasteiger partial charge in [0.05, 0.1) is 0 Å². The lowest BCUT2D eigenvalue weighted by atomic mass is 10.0. The van der Waals surface area contributed by atoms with Gasteiger partial charge < -0.3 is 10.6 Å². The zero-order valence-corrected chi connectivity index (χ0v) is 10.3. The summed E-state index contributed by atoms with van der Waals surface area (Å²) in [4.78, 5) is 22.7. The summed E-state index contributed by atoms with van der Waals surface area (Å²) in [7, 11) is 0. The van der Waals surface area contributed by atoms with Gasteiger partial charge in [0.15, 0.2) is 0 Å². The molecule has 0 aromatic heterocycles. The molecule has 17 heavy (non-hydrogen) atoms. The average molecular weight is 238 g/mol. The Kier molecular flexibility index (Phi) is 4.40. The van der Waals surface area contributed by atoms with Crippen LogP contribution < -0.4 is 10.6 Å². The molecule has 1 aliphatic carbocycles. The first-order valence-corrected chi connectivity index (χ1v) is 6.80. The van der Waals surface area contributed by atoms with Crippen molar-refractivity contribution in [3.8, 4) is 0 Å². The molecule has 0 aromatic carbocycles. The first-order valence-electron chi connectivity index (χ1n) is 6.80. The minimum Gasteiger partial charge on any atom is -0.354 e. The predicted molar refractivity (Wildman–Crippen MR) is 65.4 cm³/mol. The van der Waals surface area contributed by atoms with Crippen LogP contribution in [0.1, 0.15) is 51.4 Å². The van der Waals surface area contributed by atoms with E-state index in [1.54, 1.807) is 0 Å². The molecular weight excluding hydrogens is 216 g/mol. The van der Waals surface area contributed by atoms with Gasteiger partial charge in [-0.2, -0.15) is 0 Å². The standard InChI is InChI=1S/C13H22N2O2/c16-12-8-6-11(9-14-12)15-13(17)7-5-10-3-1-2-4-10/h10-11H,1-9H2,(H,14,16)(H,15,17). The average Bonchev–Trinajstić information content (AvgIpc) is 2.83. The predicted octanol–water partition coefficient (Wildman–Crippen LogP) is 1.35. The van der Waals surface area contributed by atoms with Gasteiger partial charge in [-0.05, 0) is 18.8 Å². The third kappa shape index (κ3) is 4.02. The fraction of sp³-hybridized carbons (Fsp3) is 0.846. The van der Waals surface area contributed by atoms with Crippen LogP contribution in [0, 0.1) is 5.92 Å². The summed E-state index contributed by atoms with van der Waals surface area (Å²) in [5.74, 6) is 1.02. The fourth-order valence-corrected chi connectivity index (χ4v) is 2.79. The Bertz CT molecular complexity index is 275. The van der Waals surface area contributed by atoms with Crippen molar-refractivity contribution in [3.63, 3.8) is 0 Å². The molecule has 0 bridgehead atoms. The molecule has 2 fully saturated rings. The maximum absolute atomic E-state index is 11.7. The van der Waals surface area contributed by atoms with Crippen LogP contribution in [0.15, 0.2) is 0 Å². The largest absolute Gasteiger partial charge is 0.354 e. The summed E-state index contributed by atoms with van der Waals surface area (Å²) in [6.45, 7) is 0.591. The van der Waals surface area contributed by atoms with Crippen LogP contribution in [0.2, 0.25) is 0 Å². The summed E-state index contributed by atoms with van der Waals surface area (Å²) in [5, 5.41) is 5.79. The molecule has 1 atom stereocenters. The van der Waals surface area contributed by atoms with Crippen LogP contribution in [-0.2, 0) is 9.59 Å². The molecular formula is C13H22N2O2. The number of nitrogens with one attached hydrogen (secondary N) is 2. The van der Waals surface area contributed by atoms with Gasteiger partial charge in [-0.1, -0.05) is 25.7 Å².